The minimum Gasteiger partial charge on any atom is -0.490 e. The molecule has 0 aliphatic rings. The molecule has 0 bridgehead atoms. The summed E-state index contributed by atoms with van der Waals surface area (Å²) in [5.41, 5.74) is 2.49. The van der Waals surface area contributed by atoms with Gasteiger partial charge in [0.25, 0.3) is 5.91 Å². The highest BCUT2D eigenvalue weighted by Gasteiger charge is 2.12. The van der Waals surface area contributed by atoms with E-state index in [0.29, 0.717) is 44.3 Å². The van der Waals surface area contributed by atoms with Gasteiger partial charge in [-0.1, -0.05) is 30.3 Å². The first-order chi connectivity index (χ1) is 14.8. The number of carbonyl (C=O) groups is 1. The molecule has 1 aromatic heterocycles. The zero-order valence-corrected chi connectivity index (χ0v) is 17.0. The highest BCUT2D eigenvalue weighted by Crippen LogP contribution is 2.18. The summed E-state index contributed by atoms with van der Waals surface area (Å²) in [7, 11) is 0. The first-order valence-electron chi connectivity index (χ1n) is 9.94. The number of aromatic nitrogens is 1. The van der Waals surface area contributed by atoms with E-state index in [1.807, 2.05) is 55.5 Å². The van der Waals surface area contributed by atoms with E-state index in [9.17, 15) is 4.79 Å². The number of ether oxygens (including phenoxy) is 3. The molecule has 0 unspecified atom stereocenters. The number of para-hydroxylation sites is 1. The molecule has 0 saturated heterocycles. The molecule has 2 aromatic carbocycles. The highest BCUT2D eigenvalue weighted by molar-refractivity contribution is 5.96. The average Bonchev–Trinajstić information content (AvgIpc) is 2.80. The van der Waals surface area contributed by atoms with E-state index in [0.717, 1.165) is 16.9 Å². The fourth-order valence-corrected chi connectivity index (χ4v) is 2.77. The van der Waals surface area contributed by atoms with Gasteiger partial charge in [-0.25, -0.2) is 0 Å². The molecule has 3 rings (SSSR count). The standard InChI is InChI=1S/C24H26N2O4/c1-2-28-14-15-29-23-8-4-3-7-22(23)24(27)26-17-19-9-11-21(12-10-19)30-18-20-6-5-13-25-16-20/h3-13,16H,2,14-15,17-18H2,1H3,(H,26,27). The van der Waals surface area contributed by atoms with E-state index in [4.69, 9.17) is 14.2 Å². The summed E-state index contributed by atoms with van der Waals surface area (Å²) in [6.45, 7) is 4.33. The van der Waals surface area contributed by atoms with Gasteiger partial charge in [0.05, 0.1) is 12.2 Å². The lowest BCUT2D eigenvalue weighted by atomic mass is 10.1. The van der Waals surface area contributed by atoms with Crippen molar-refractivity contribution in [1.82, 2.24) is 10.3 Å². The van der Waals surface area contributed by atoms with Crippen LogP contribution in [0.2, 0.25) is 0 Å². The van der Waals surface area contributed by atoms with Gasteiger partial charge in [-0.15, -0.1) is 0 Å². The van der Waals surface area contributed by atoms with Crippen LogP contribution in [0.3, 0.4) is 0 Å². The van der Waals surface area contributed by atoms with E-state index in [1.54, 1.807) is 24.5 Å². The number of hydrogen-bond donors (Lipinski definition) is 1. The molecule has 0 fully saturated rings. The van der Waals surface area contributed by atoms with Crippen molar-refractivity contribution in [2.75, 3.05) is 19.8 Å². The predicted molar refractivity (Wildman–Crippen MR) is 115 cm³/mol. The maximum absolute atomic E-state index is 12.6. The van der Waals surface area contributed by atoms with Crippen molar-refractivity contribution in [3.63, 3.8) is 0 Å². The van der Waals surface area contributed by atoms with Crippen LogP contribution in [-0.4, -0.2) is 30.7 Å². The van der Waals surface area contributed by atoms with Gasteiger partial charge in [0, 0.05) is 31.1 Å². The zero-order chi connectivity index (χ0) is 21.0. The lowest BCUT2D eigenvalue weighted by Crippen LogP contribution is -2.23. The molecule has 0 aliphatic heterocycles. The van der Waals surface area contributed by atoms with Crippen molar-refractivity contribution in [3.8, 4) is 11.5 Å². The van der Waals surface area contributed by atoms with Crippen molar-refractivity contribution in [2.45, 2.75) is 20.1 Å². The second-order valence-corrected chi connectivity index (χ2v) is 6.52. The summed E-state index contributed by atoms with van der Waals surface area (Å²) >= 11 is 0. The Bertz CT molecular complexity index is 914. The molecule has 0 aliphatic carbocycles. The van der Waals surface area contributed by atoms with E-state index in [2.05, 4.69) is 10.3 Å². The SMILES string of the molecule is CCOCCOc1ccccc1C(=O)NCc1ccc(OCc2cccnc2)cc1. The predicted octanol–water partition coefficient (Wildman–Crippen LogP) is 4.01. The van der Waals surface area contributed by atoms with Gasteiger partial charge in [-0.05, 0) is 42.8 Å². The molecule has 1 amide bonds. The molecule has 0 spiro atoms. The fraction of sp³-hybridized carbons (Fsp3) is 0.250. The van der Waals surface area contributed by atoms with Crippen LogP contribution < -0.4 is 14.8 Å². The number of pyridine rings is 1. The monoisotopic (exact) mass is 406 g/mol. The molecule has 156 valence electrons. The van der Waals surface area contributed by atoms with E-state index in [-0.39, 0.29) is 5.91 Å². The minimum absolute atomic E-state index is 0.182. The smallest absolute Gasteiger partial charge is 0.255 e. The van der Waals surface area contributed by atoms with Gasteiger partial charge in [-0.2, -0.15) is 0 Å². The molecule has 30 heavy (non-hydrogen) atoms. The van der Waals surface area contributed by atoms with Crippen molar-refractivity contribution in [3.05, 3.63) is 89.7 Å². The number of rotatable bonds is 11. The van der Waals surface area contributed by atoms with Gasteiger partial charge in [0.2, 0.25) is 0 Å². The van der Waals surface area contributed by atoms with Gasteiger partial charge in [0.15, 0.2) is 0 Å². The van der Waals surface area contributed by atoms with Crippen molar-refractivity contribution < 1.29 is 19.0 Å². The Balaban J connectivity index is 1.50. The normalized spacial score (nSPS) is 10.4. The second kappa shape index (κ2) is 11.6. The molecule has 0 saturated carbocycles. The fourth-order valence-electron chi connectivity index (χ4n) is 2.77. The van der Waals surface area contributed by atoms with Crippen LogP contribution in [-0.2, 0) is 17.9 Å². The molecule has 6 heteroatoms. The second-order valence-electron chi connectivity index (χ2n) is 6.52. The number of benzene rings is 2. The van der Waals surface area contributed by atoms with Crippen LogP contribution >= 0.6 is 0 Å². The van der Waals surface area contributed by atoms with Gasteiger partial charge >= 0.3 is 0 Å². The Morgan fingerprint density at radius 3 is 2.53 bits per heavy atom. The summed E-state index contributed by atoms with van der Waals surface area (Å²) < 4.78 is 16.7. The molecule has 0 atom stereocenters. The maximum atomic E-state index is 12.6. The summed E-state index contributed by atoms with van der Waals surface area (Å²) in [5, 5.41) is 2.94. The molecular formula is C24H26N2O4. The molecule has 3 aromatic rings. The Kier molecular flexibility index (Phi) is 8.23. The summed E-state index contributed by atoms with van der Waals surface area (Å²) in [6, 6.07) is 18.7. The number of amides is 1. The van der Waals surface area contributed by atoms with Crippen LogP contribution in [0.5, 0.6) is 11.5 Å². The van der Waals surface area contributed by atoms with E-state index < -0.39 is 0 Å². The first-order valence-corrected chi connectivity index (χ1v) is 9.94. The van der Waals surface area contributed by atoms with Crippen LogP contribution in [0.15, 0.2) is 73.1 Å². The molecule has 1 heterocycles. The largest absolute Gasteiger partial charge is 0.490 e. The van der Waals surface area contributed by atoms with Crippen LogP contribution in [0, 0.1) is 0 Å². The maximum Gasteiger partial charge on any atom is 0.255 e. The average molecular weight is 406 g/mol. The van der Waals surface area contributed by atoms with E-state index in [1.165, 1.54) is 0 Å². The number of nitrogens with zero attached hydrogens (tertiary/aromatic N) is 1. The van der Waals surface area contributed by atoms with Crippen LogP contribution in [0.25, 0.3) is 0 Å². The van der Waals surface area contributed by atoms with Gasteiger partial charge < -0.3 is 19.5 Å². The van der Waals surface area contributed by atoms with Crippen molar-refractivity contribution in [2.24, 2.45) is 0 Å². The molecule has 6 nitrogen and oxygen atoms in total. The minimum atomic E-state index is -0.182. The third-order valence-corrected chi connectivity index (χ3v) is 4.33. The quantitative estimate of drug-likeness (QED) is 0.487. The lowest BCUT2D eigenvalue weighted by molar-refractivity contribution is 0.0934. The summed E-state index contributed by atoms with van der Waals surface area (Å²) in [4.78, 5) is 16.7. The third kappa shape index (κ3) is 6.60. The highest BCUT2D eigenvalue weighted by atomic mass is 16.5. The number of nitrogens with one attached hydrogen (secondary N) is 1. The number of carbonyl (C=O) groups excluding carboxylic acids is 1. The lowest BCUT2D eigenvalue weighted by Gasteiger charge is -2.12. The zero-order valence-electron chi connectivity index (χ0n) is 17.0. The van der Waals surface area contributed by atoms with Crippen LogP contribution in [0.1, 0.15) is 28.4 Å². The summed E-state index contributed by atoms with van der Waals surface area (Å²) in [5.74, 6) is 1.13. The number of hydrogen-bond acceptors (Lipinski definition) is 5. The van der Waals surface area contributed by atoms with E-state index >= 15 is 0 Å². The Morgan fingerprint density at radius 1 is 0.933 bits per heavy atom. The summed E-state index contributed by atoms with van der Waals surface area (Å²) in [6.07, 6.45) is 3.51. The Morgan fingerprint density at radius 2 is 1.77 bits per heavy atom. The first kappa shape index (κ1) is 21.3. The van der Waals surface area contributed by atoms with Gasteiger partial charge in [-0.3, -0.25) is 9.78 Å². The van der Waals surface area contributed by atoms with Crippen molar-refractivity contribution >= 4 is 5.91 Å². The molecule has 0 radical (unpaired) electrons. The Labute approximate surface area is 176 Å². The Hall–Kier alpha value is -3.38. The topological polar surface area (TPSA) is 69.7 Å². The third-order valence-electron chi connectivity index (χ3n) is 4.33. The molecule has 1 N–H and O–H groups in total. The molecular weight excluding hydrogens is 380 g/mol. The van der Waals surface area contributed by atoms with Crippen molar-refractivity contribution in [1.29, 1.82) is 0 Å². The van der Waals surface area contributed by atoms with Crippen LogP contribution in [0.4, 0.5) is 0 Å². The van der Waals surface area contributed by atoms with Gasteiger partial charge in [0.1, 0.15) is 24.7 Å².